The van der Waals surface area contributed by atoms with E-state index in [0.717, 1.165) is 26.2 Å². The van der Waals surface area contributed by atoms with E-state index in [4.69, 9.17) is 0 Å². The van der Waals surface area contributed by atoms with Crippen molar-refractivity contribution < 1.29 is 0 Å². The van der Waals surface area contributed by atoms with Gasteiger partial charge in [-0.05, 0) is 62.5 Å². The Bertz CT molecular complexity index is 418. The SMILES string of the molecule is Cc1cc(C=CCN2CCCNCC2)cc(C)c1C. The average molecular weight is 258 g/mol. The molecule has 0 radical (unpaired) electrons. The molecule has 0 aliphatic carbocycles. The van der Waals surface area contributed by atoms with Crippen LogP contribution in [0, 0.1) is 20.8 Å². The summed E-state index contributed by atoms with van der Waals surface area (Å²) >= 11 is 0. The van der Waals surface area contributed by atoms with E-state index in [2.05, 4.69) is 55.3 Å². The fourth-order valence-electron chi connectivity index (χ4n) is 2.59. The van der Waals surface area contributed by atoms with Crippen LogP contribution in [-0.4, -0.2) is 37.6 Å². The first kappa shape index (κ1) is 14.3. The van der Waals surface area contributed by atoms with Gasteiger partial charge in [0.05, 0.1) is 0 Å². The molecule has 0 spiro atoms. The molecule has 1 aliphatic heterocycles. The molecular weight excluding hydrogens is 232 g/mol. The van der Waals surface area contributed by atoms with Crippen LogP contribution >= 0.6 is 0 Å². The molecule has 2 nitrogen and oxygen atoms in total. The van der Waals surface area contributed by atoms with Gasteiger partial charge in [-0.15, -0.1) is 0 Å². The minimum Gasteiger partial charge on any atom is -0.315 e. The van der Waals surface area contributed by atoms with Gasteiger partial charge >= 0.3 is 0 Å². The van der Waals surface area contributed by atoms with Gasteiger partial charge in [-0.1, -0.05) is 24.3 Å². The highest BCUT2D eigenvalue weighted by molar-refractivity contribution is 5.54. The van der Waals surface area contributed by atoms with E-state index in [-0.39, 0.29) is 0 Å². The molecule has 2 heteroatoms. The summed E-state index contributed by atoms with van der Waals surface area (Å²) in [6, 6.07) is 4.56. The largest absolute Gasteiger partial charge is 0.315 e. The van der Waals surface area contributed by atoms with E-state index >= 15 is 0 Å². The van der Waals surface area contributed by atoms with Crippen molar-refractivity contribution >= 4 is 6.08 Å². The first-order valence-electron chi connectivity index (χ1n) is 7.34. The number of hydrogen-bond donors (Lipinski definition) is 1. The highest BCUT2D eigenvalue weighted by Gasteiger charge is 2.05. The van der Waals surface area contributed by atoms with Crippen molar-refractivity contribution in [3.05, 3.63) is 40.5 Å². The maximum Gasteiger partial charge on any atom is 0.0167 e. The van der Waals surface area contributed by atoms with Gasteiger partial charge in [-0.3, -0.25) is 4.90 Å². The van der Waals surface area contributed by atoms with E-state index in [1.54, 1.807) is 0 Å². The first-order chi connectivity index (χ1) is 9.16. The highest BCUT2D eigenvalue weighted by atomic mass is 15.1. The molecule has 0 aromatic heterocycles. The van der Waals surface area contributed by atoms with Gasteiger partial charge < -0.3 is 5.32 Å². The molecule has 1 fully saturated rings. The predicted molar refractivity (Wildman–Crippen MR) is 83.6 cm³/mol. The van der Waals surface area contributed by atoms with Crippen LogP contribution in [0.1, 0.15) is 28.7 Å². The molecule has 1 aromatic rings. The number of hydrogen-bond acceptors (Lipinski definition) is 2. The van der Waals surface area contributed by atoms with Gasteiger partial charge in [0, 0.05) is 19.6 Å². The molecule has 0 unspecified atom stereocenters. The van der Waals surface area contributed by atoms with E-state index < -0.39 is 0 Å². The maximum absolute atomic E-state index is 3.44. The van der Waals surface area contributed by atoms with E-state index in [1.165, 1.54) is 35.2 Å². The quantitative estimate of drug-likeness (QED) is 0.897. The molecule has 0 saturated carbocycles. The summed E-state index contributed by atoms with van der Waals surface area (Å²) < 4.78 is 0. The monoisotopic (exact) mass is 258 g/mol. The van der Waals surface area contributed by atoms with Crippen LogP contribution in [0.25, 0.3) is 6.08 Å². The third kappa shape index (κ3) is 4.19. The lowest BCUT2D eigenvalue weighted by Crippen LogP contribution is -2.28. The lowest BCUT2D eigenvalue weighted by Gasteiger charge is -2.16. The van der Waals surface area contributed by atoms with Crippen molar-refractivity contribution in [2.45, 2.75) is 27.2 Å². The molecular formula is C17H26N2. The fraction of sp³-hybridized carbons (Fsp3) is 0.529. The Hall–Kier alpha value is -1.12. The average Bonchev–Trinajstić information content (AvgIpc) is 2.64. The standard InChI is InChI=1S/C17H26N2/c1-14-12-17(13-15(2)16(14)3)6-4-9-19-10-5-7-18-8-11-19/h4,6,12-13,18H,5,7-11H2,1-3H3. The van der Waals surface area contributed by atoms with Crippen molar-refractivity contribution in [2.24, 2.45) is 0 Å². The van der Waals surface area contributed by atoms with Crippen molar-refractivity contribution in [3.63, 3.8) is 0 Å². The van der Waals surface area contributed by atoms with Crippen molar-refractivity contribution in [2.75, 3.05) is 32.7 Å². The Kier molecular flexibility index (Phi) is 5.17. The topological polar surface area (TPSA) is 15.3 Å². The second-order valence-electron chi connectivity index (χ2n) is 5.59. The second kappa shape index (κ2) is 6.88. The predicted octanol–water partition coefficient (Wildman–Crippen LogP) is 2.92. The summed E-state index contributed by atoms with van der Waals surface area (Å²) in [4.78, 5) is 2.52. The van der Waals surface area contributed by atoms with Crippen LogP contribution in [0.5, 0.6) is 0 Å². The van der Waals surface area contributed by atoms with Gasteiger partial charge in [-0.2, -0.15) is 0 Å². The molecule has 1 N–H and O–H groups in total. The summed E-state index contributed by atoms with van der Waals surface area (Å²) in [7, 11) is 0. The molecule has 0 atom stereocenters. The number of rotatable bonds is 3. The molecule has 19 heavy (non-hydrogen) atoms. The molecule has 1 heterocycles. The molecule has 104 valence electrons. The molecule has 1 aromatic carbocycles. The summed E-state index contributed by atoms with van der Waals surface area (Å²) in [6.45, 7) is 12.3. The highest BCUT2D eigenvalue weighted by Crippen LogP contribution is 2.16. The maximum atomic E-state index is 3.44. The summed E-state index contributed by atoms with van der Waals surface area (Å²) in [5.41, 5.74) is 5.52. The minimum absolute atomic E-state index is 1.06. The van der Waals surface area contributed by atoms with E-state index in [1.807, 2.05) is 0 Å². The van der Waals surface area contributed by atoms with Crippen LogP contribution < -0.4 is 5.32 Å². The Morgan fingerprint density at radius 1 is 1.11 bits per heavy atom. The number of benzene rings is 1. The van der Waals surface area contributed by atoms with Crippen molar-refractivity contribution in [1.82, 2.24) is 10.2 Å². The molecule has 0 bridgehead atoms. The van der Waals surface area contributed by atoms with Crippen LogP contribution in [0.15, 0.2) is 18.2 Å². The van der Waals surface area contributed by atoms with Gasteiger partial charge in [0.25, 0.3) is 0 Å². The van der Waals surface area contributed by atoms with Gasteiger partial charge in [0.15, 0.2) is 0 Å². The third-order valence-electron chi connectivity index (χ3n) is 4.06. The van der Waals surface area contributed by atoms with Crippen molar-refractivity contribution in [3.8, 4) is 0 Å². The van der Waals surface area contributed by atoms with Gasteiger partial charge in [0.2, 0.25) is 0 Å². The molecule has 1 aliphatic rings. The van der Waals surface area contributed by atoms with Gasteiger partial charge in [-0.25, -0.2) is 0 Å². The van der Waals surface area contributed by atoms with Crippen LogP contribution in [0.4, 0.5) is 0 Å². The number of aryl methyl sites for hydroxylation is 2. The molecule has 1 saturated heterocycles. The van der Waals surface area contributed by atoms with Crippen molar-refractivity contribution in [1.29, 1.82) is 0 Å². The van der Waals surface area contributed by atoms with Crippen LogP contribution in [0.2, 0.25) is 0 Å². The summed E-state index contributed by atoms with van der Waals surface area (Å²) in [5.74, 6) is 0. The second-order valence-corrected chi connectivity index (χ2v) is 5.59. The fourth-order valence-corrected chi connectivity index (χ4v) is 2.59. The minimum atomic E-state index is 1.06. The van der Waals surface area contributed by atoms with Crippen LogP contribution in [-0.2, 0) is 0 Å². The Morgan fingerprint density at radius 2 is 1.84 bits per heavy atom. The summed E-state index contributed by atoms with van der Waals surface area (Å²) in [6.07, 6.45) is 5.82. The lowest BCUT2D eigenvalue weighted by molar-refractivity contribution is 0.324. The van der Waals surface area contributed by atoms with E-state index in [9.17, 15) is 0 Å². The Labute approximate surface area is 117 Å². The zero-order valence-electron chi connectivity index (χ0n) is 12.5. The summed E-state index contributed by atoms with van der Waals surface area (Å²) in [5, 5.41) is 3.44. The third-order valence-corrected chi connectivity index (χ3v) is 4.06. The normalized spacial score (nSPS) is 17.8. The Balaban J connectivity index is 1.94. The van der Waals surface area contributed by atoms with Gasteiger partial charge in [0.1, 0.15) is 0 Å². The molecule has 0 amide bonds. The molecule has 2 rings (SSSR count). The lowest BCUT2D eigenvalue weighted by atomic mass is 10.0. The first-order valence-corrected chi connectivity index (χ1v) is 7.34. The zero-order chi connectivity index (χ0) is 13.7. The number of nitrogens with one attached hydrogen (secondary N) is 1. The number of nitrogens with zero attached hydrogens (tertiary/aromatic N) is 1. The van der Waals surface area contributed by atoms with Crippen LogP contribution in [0.3, 0.4) is 0 Å². The van der Waals surface area contributed by atoms with E-state index in [0.29, 0.717) is 0 Å². The smallest absolute Gasteiger partial charge is 0.0167 e. The Morgan fingerprint density at radius 3 is 2.58 bits per heavy atom. The zero-order valence-corrected chi connectivity index (χ0v) is 12.5.